The molecule has 3 saturated carbocycles. The van der Waals surface area contributed by atoms with Crippen molar-refractivity contribution < 1.29 is 45.9 Å². The largest absolute Gasteiger partial charge is 0.462 e. The molecule has 4 rings (SSSR count). The van der Waals surface area contributed by atoms with Gasteiger partial charge < -0.3 is 4.74 Å². The van der Waals surface area contributed by atoms with Crippen LogP contribution in [-0.4, -0.2) is 17.9 Å². The Morgan fingerprint density at radius 3 is 2.47 bits per heavy atom. The van der Waals surface area contributed by atoms with Gasteiger partial charge in [0.2, 0.25) is 0 Å². The van der Waals surface area contributed by atoms with Crippen molar-refractivity contribution in [3.05, 3.63) is 11.6 Å². The second kappa shape index (κ2) is 11.3. The summed E-state index contributed by atoms with van der Waals surface area (Å²) in [6, 6.07) is 0. The summed E-state index contributed by atoms with van der Waals surface area (Å²) in [6.07, 6.45) is -40.5. The fraction of sp³-hybridized carbons (Fsp3) is 0.871. The summed E-state index contributed by atoms with van der Waals surface area (Å²) in [5, 5.41) is 0. The Labute approximate surface area is 241 Å². The first-order valence-electron chi connectivity index (χ1n) is 23.5. The molecule has 0 aromatic carbocycles. The first kappa shape index (κ1) is 9.64. The number of ether oxygens (including phenoxy) is 1. The van der Waals surface area contributed by atoms with Crippen molar-refractivity contribution in [2.45, 2.75) is 142 Å². The highest BCUT2D eigenvalue weighted by molar-refractivity contribution is 5.91. The molecule has 4 aliphatic rings. The third-order valence-corrected chi connectivity index (χ3v) is 8.79. The van der Waals surface area contributed by atoms with Gasteiger partial charge in [0.1, 0.15) is 6.10 Å². The van der Waals surface area contributed by atoms with E-state index in [1.54, 1.807) is 6.08 Å². The lowest BCUT2D eigenvalue weighted by Gasteiger charge is -2.57. The zero-order valence-corrected chi connectivity index (χ0v) is 19.8. The van der Waals surface area contributed by atoms with Crippen molar-refractivity contribution in [1.29, 1.82) is 0 Å². The molecule has 192 valence electrons. The summed E-state index contributed by atoms with van der Waals surface area (Å²) < 4.78 is 193. The number of rotatable bonds is 11. The van der Waals surface area contributed by atoms with Gasteiger partial charge in [-0.25, -0.2) is 0 Å². The van der Waals surface area contributed by atoms with Gasteiger partial charge >= 0.3 is 5.97 Å². The van der Waals surface area contributed by atoms with Gasteiger partial charge in [-0.1, -0.05) is 77.3 Å². The van der Waals surface area contributed by atoms with Crippen molar-refractivity contribution in [3.63, 3.8) is 0 Å². The molecule has 3 nitrogen and oxygen atoms in total. The number of ketones is 1. The predicted molar refractivity (Wildman–Crippen MR) is 138 cm³/mol. The molecule has 0 saturated heterocycles. The first-order chi connectivity index (χ1) is 25.1. The Kier molecular flexibility index (Phi) is 3.20. The van der Waals surface area contributed by atoms with Crippen molar-refractivity contribution in [2.24, 2.45) is 28.6 Å². The summed E-state index contributed by atoms with van der Waals surface area (Å²) in [7, 11) is 0. The number of carbonyl (C=O) groups excluding carboxylic acids is 2. The number of hydrogen-bond donors (Lipinski definition) is 0. The molecule has 0 N–H and O–H groups in total. The molecule has 0 aliphatic heterocycles. The highest BCUT2D eigenvalue weighted by Gasteiger charge is 2.59. The summed E-state index contributed by atoms with van der Waals surface area (Å²) in [4.78, 5) is 25.9. The molecule has 3 heteroatoms. The van der Waals surface area contributed by atoms with Crippen LogP contribution in [0.3, 0.4) is 0 Å². The molecule has 34 heavy (non-hydrogen) atoms. The van der Waals surface area contributed by atoms with Gasteiger partial charge in [-0.05, 0) is 80.6 Å². The predicted octanol–water partition coefficient (Wildman–Crippen LogP) is 8.35. The molecule has 6 atom stereocenters. The maximum atomic E-state index is 13.7. The molecule has 0 bridgehead atoms. The molecular formula is C31H50O3. The summed E-state index contributed by atoms with van der Waals surface area (Å²) >= 11 is 0. The van der Waals surface area contributed by atoms with E-state index in [2.05, 4.69) is 6.92 Å². The average Bonchev–Trinajstić information content (AvgIpc) is 3.39. The number of carbonyl (C=O) groups is 2. The molecular weight excluding hydrogens is 420 g/mol. The van der Waals surface area contributed by atoms with E-state index in [4.69, 9.17) is 36.3 Å². The molecule has 3 unspecified atom stereocenters. The molecule has 0 amide bonds. The fourth-order valence-electron chi connectivity index (χ4n) is 7.16. The van der Waals surface area contributed by atoms with E-state index in [-0.39, 0.29) is 35.4 Å². The standard InChI is InChI=1S/C31H50O3/c1-4-5-6-7-8-9-10-11-12-13-29(33)34-28-17-16-26-25-15-14-23-22-24(32)18-20-30(23,2)27(25)19-21-31(26,28)3/h22,25-28H,4-21H2,1-3H3/t25?,26?,27?,28-,30-,31-/m0/s1/i1D3,4D2,5D2,6D2,7D2,8D2,9D2,10D2,11D2,12D2,13D2. The highest BCUT2D eigenvalue weighted by atomic mass is 16.5. The Morgan fingerprint density at radius 2 is 1.71 bits per heavy atom. The minimum Gasteiger partial charge on any atom is -0.462 e. The number of hydrogen-bond acceptors (Lipinski definition) is 3. The van der Waals surface area contributed by atoms with E-state index in [0.717, 1.165) is 12.0 Å². The van der Waals surface area contributed by atoms with Crippen LogP contribution in [-0.2, 0) is 14.3 Å². The van der Waals surface area contributed by atoms with Gasteiger partial charge in [-0.3, -0.25) is 9.59 Å². The SMILES string of the molecule is [2H]C([2H])([2H])C([2H])([2H])C([2H])([2H])C([2H])([2H])C([2H])([2H])C([2H])([2H])C([2H])([2H])C([2H])([2H])C([2H])([2H])C([2H])([2H])C([2H])([2H])C(=O)O[C@H]1CCC2C3CCC4=CC(=O)CC[C@]4(C)C3CC[C@@]21C. The van der Waals surface area contributed by atoms with Gasteiger partial charge in [0.15, 0.2) is 5.78 Å². The molecule has 4 aliphatic carbocycles. The van der Waals surface area contributed by atoms with E-state index >= 15 is 0 Å². The molecule has 0 heterocycles. The minimum absolute atomic E-state index is 0.0138. The van der Waals surface area contributed by atoms with Crippen molar-refractivity contribution in [3.8, 4) is 0 Å². The number of fused-ring (bicyclic) bond motifs is 5. The lowest BCUT2D eigenvalue weighted by molar-refractivity contribution is -0.160. The molecule has 0 radical (unpaired) electrons. The Hall–Kier alpha value is -1.12. The third kappa shape index (κ3) is 5.34. The second-order valence-electron chi connectivity index (χ2n) is 10.2. The maximum absolute atomic E-state index is 13.7. The number of allylic oxidation sites excluding steroid dienone is 1. The highest BCUT2D eigenvalue weighted by Crippen LogP contribution is 2.65. The quantitative estimate of drug-likeness (QED) is 0.272. The van der Waals surface area contributed by atoms with Crippen LogP contribution in [0.15, 0.2) is 11.6 Å². The Morgan fingerprint density at radius 1 is 0.971 bits per heavy atom. The lowest BCUT2D eigenvalue weighted by atomic mass is 9.47. The van der Waals surface area contributed by atoms with Crippen LogP contribution in [0.2, 0.25) is 0 Å². The van der Waals surface area contributed by atoms with E-state index in [9.17, 15) is 9.59 Å². The minimum atomic E-state index is -4.81. The maximum Gasteiger partial charge on any atom is 0.306 e. The van der Waals surface area contributed by atoms with E-state index < -0.39 is 88.1 Å². The monoisotopic (exact) mass is 494 g/mol. The van der Waals surface area contributed by atoms with Crippen LogP contribution in [0.1, 0.15) is 167 Å². The van der Waals surface area contributed by atoms with Gasteiger partial charge in [-0.2, -0.15) is 0 Å². The van der Waals surface area contributed by atoms with Crippen LogP contribution in [0, 0.1) is 28.6 Å². The van der Waals surface area contributed by atoms with Crippen molar-refractivity contribution in [2.75, 3.05) is 0 Å². The van der Waals surface area contributed by atoms with Crippen molar-refractivity contribution in [1.82, 2.24) is 0 Å². The van der Waals surface area contributed by atoms with Gasteiger partial charge in [-0.15, -0.1) is 0 Å². The zero-order valence-electron chi connectivity index (χ0n) is 42.8. The molecule has 3 fully saturated rings. The smallest absolute Gasteiger partial charge is 0.306 e. The van der Waals surface area contributed by atoms with Gasteiger partial charge in [0.25, 0.3) is 0 Å². The normalized spacial score (nSPS) is 51.5. The van der Waals surface area contributed by atoms with Crippen molar-refractivity contribution >= 4 is 11.8 Å². The van der Waals surface area contributed by atoms with Gasteiger partial charge in [0.05, 0.1) is 0 Å². The first-order valence-corrected chi connectivity index (χ1v) is 12.0. The second-order valence-corrected chi connectivity index (χ2v) is 10.2. The number of esters is 1. The lowest BCUT2D eigenvalue weighted by Crippen LogP contribution is -2.51. The van der Waals surface area contributed by atoms with E-state index in [1.807, 2.05) is 6.92 Å². The van der Waals surface area contributed by atoms with Crippen LogP contribution < -0.4 is 0 Å². The summed E-state index contributed by atoms with van der Waals surface area (Å²) in [5.41, 5.74) is 0.206. The van der Waals surface area contributed by atoms with Crippen LogP contribution in [0.5, 0.6) is 0 Å². The van der Waals surface area contributed by atoms with Crippen LogP contribution in [0.25, 0.3) is 0 Å². The molecule has 0 aromatic heterocycles. The average molecular weight is 494 g/mol. The topological polar surface area (TPSA) is 43.4 Å². The van der Waals surface area contributed by atoms with Crippen LogP contribution in [0.4, 0.5) is 0 Å². The summed E-state index contributed by atoms with van der Waals surface area (Å²) in [5.74, 6) is -1.49. The zero-order chi connectivity index (χ0) is 44.6. The fourth-order valence-corrected chi connectivity index (χ4v) is 7.16. The molecule has 0 aromatic rings. The Balaban J connectivity index is 1.63. The third-order valence-electron chi connectivity index (χ3n) is 8.79. The van der Waals surface area contributed by atoms with Gasteiger partial charge in [0, 0.05) is 49.7 Å². The molecule has 0 spiro atoms. The Bertz CT molecular complexity index is 1650. The van der Waals surface area contributed by atoms with E-state index in [0.29, 0.717) is 38.5 Å². The van der Waals surface area contributed by atoms with E-state index in [1.165, 1.54) is 0 Å². The summed E-state index contributed by atoms with van der Waals surface area (Å²) in [6.45, 7) is 0.0305. The van der Waals surface area contributed by atoms with Crippen LogP contribution >= 0.6 is 0 Å².